The van der Waals surface area contributed by atoms with E-state index >= 15 is 0 Å². The van der Waals surface area contributed by atoms with Gasteiger partial charge in [-0.25, -0.2) is 0 Å². The molecule has 0 saturated heterocycles. The number of alkyl halides is 3. The second-order valence-corrected chi connectivity index (χ2v) is 5.60. The molecule has 5 heteroatoms. The van der Waals surface area contributed by atoms with Gasteiger partial charge in [0.05, 0.1) is 23.4 Å². The first-order chi connectivity index (χ1) is 10.5. The number of methoxy groups -OCH3 is 1. The Morgan fingerprint density at radius 2 is 1.77 bits per heavy atom. The van der Waals surface area contributed by atoms with E-state index in [-0.39, 0.29) is 12.8 Å². The van der Waals surface area contributed by atoms with E-state index in [2.05, 4.69) is 4.98 Å². The van der Waals surface area contributed by atoms with Crippen LogP contribution in [0.2, 0.25) is 0 Å². The quantitative estimate of drug-likeness (QED) is 0.830. The molecule has 1 aromatic heterocycles. The normalized spacial score (nSPS) is 16.5. The Balaban J connectivity index is 1.88. The smallest absolute Gasteiger partial charge is 0.378 e. The Labute approximate surface area is 127 Å². The van der Waals surface area contributed by atoms with Crippen LogP contribution in [0.1, 0.15) is 24.1 Å². The van der Waals surface area contributed by atoms with Crippen molar-refractivity contribution in [3.63, 3.8) is 0 Å². The second-order valence-electron chi connectivity index (χ2n) is 5.60. The summed E-state index contributed by atoms with van der Waals surface area (Å²) < 4.78 is 44.4. The molecule has 0 N–H and O–H groups in total. The Bertz CT molecular complexity index is 660. The molecule has 0 spiro atoms. The highest BCUT2D eigenvalue weighted by atomic mass is 19.4. The van der Waals surface area contributed by atoms with Gasteiger partial charge in [-0.3, -0.25) is 4.98 Å². The summed E-state index contributed by atoms with van der Waals surface area (Å²) in [7, 11) is 1.59. The molecule has 0 atom stereocenters. The summed E-state index contributed by atoms with van der Waals surface area (Å²) in [6.07, 6.45) is -3.82. The first kappa shape index (κ1) is 15.0. The molecule has 22 heavy (non-hydrogen) atoms. The van der Waals surface area contributed by atoms with Gasteiger partial charge >= 0.3 is 6.18 Å². The molecular formula is C17H16F3NO. The molecule has 1 saturated carbocycles. The summed E-state index contributed by atoms with van der Waals surface area (Å²) in [4.78, 5) is 4.44. The number of aromatic nitrogens is 1. The highest BCUT2D eigenvalue weighted by molar-refractivity contribution is 5.60. The van der Waals surface area contributed by atoms with Gasteiger partial charge in [0, 0.05) is 12.7 Å². The molecule has 0 unspecified atom stereocenters. The molecule has 0 radical (unpaired) electrons. The molecule has 0 aliphatic heterocycles. The summed E-state index contributed by atoms with van der Waals surface area (Å²) in [5.74, 6) is 0. The summed E-state index contributed by atoms with van der Waals surface area (Å²) in [6.45, 7) is 0.406. The van der Waals surface area contributed by atoms with Crippen molar-refractivity contribution >= 4 is 0 Å². The minimum Gasteiger partial charge on any atom is -0.378 e. The summed E-state index contributed by atoms with van der Waals surface area (Å²) >= 11 is 0. The highest BCUT2D eigenvalue weighted by Crippen LogP contribution is 2.58. The number of hydrogen-bond acceptors (Lipinski definition) is 2. The van der Waals surface area contributed by atoms with E-state index in [1.165, 1.54) is 0 Å². The number of nitrogens with zero attached hydrogens (tertiary/aromatic N) is 1. The fraction of sp³-hybridized carbons (Fsp3) is 0.353. The molecule has 2 nitrogen and oxygen atoms in total. The molecule has 1 fully saturated rings. The lowest BCUT2D eigenvalue weighted by Crippen LogP contribution is -2.28. The van der Waals surface area contributed by atoms with Crippen LogP contribution < -0.4 is 0 Å². The predicted octanol–water partition coefficient (Wildman–Crippen LogP) is 4.49. The predicted molar refractivity (Wildman–Crippen MR) is 77.4 cm³/mol. The van der Waals surface area contributed by atoms with Crippen molar-refractivity contribution in [3.05, 3.63) is 53.7 Å². The third-order valence-corrected chi connectivity index (χ3v) is 4.12. The zero-order valence-electron chi connectivity index (χ0n) is 12.2. The highest BCUT2D eigenvalue weighted by Gasteiger charge is 2.64. The van der Waals surface area contributed by atoms with Crippen molar-refractivity contribution in [2.24, 2.45) is 0 Å². The Morgan fingerprint density at radius 3 is 2.32 bits per heavy atom. The Morgan fingerprint density at radius 1 is 1.09 bits per heavy atom. The van der Waals surface area contributed by atoms with Crippen molar-refractivity contribution in [2.45, 2.75) is 31.0 Å². The average molecular weight is 307 g/mol. The zero-order valence-corrected chi connectivity index (χ0v) is 12.2. The van der Waals surface area contributed by atoms with E-state index in [1.54, 1.807) is 31.4 Å². The lowest BCUT2D eigenvalue weighted by atomic mass is 9.94. The van der Waals surface area contributed by atoms with E-state index < -0.39 is 11.6 Å². The molecule has 0 bridgehead atoms. The van der Waals surface area contributed by atoms with Crippen LogP contribution in [0.25, 0.3) is 11.3 Å². The SMILES string of the molecule is COCc1cccc(-c2ccc(C3(C(F)(F)F)CC3)cc2)n1. The van der Waals surface area contributed by atoms with Gasteiger partial charge < -0.3 is 4.74 Å². The van der Waals surface area contributed by atoms with Gasteiger partial charge in [0.2, 0.25) is 0 Å². The van der Waals surface area contributed by atoms with Crippen LogP contribution in [0.5, 0.6) is 0 Å². The fourth-order valence-corrected chi connectivity index (χ4v) is 2.69. The summed E-state index contributed by atoms with van der Waals surface area (Å²) in [6, 6.07) is 12.1. The minimum absolute atomic E-state index is 0.178. The van der Waals surface area contributed by atoms with Gasteiger partial charge in [-0.1, -0.05) is 30.3 Å². The summed E-state index contributed by atoms with van der Waals surface area (Å²) in [5.41, 5.74) is 1.05. The minimum atomic E-state index is -4.18. The molecule has 1 heterocycles. The van der Waals surface area contributed by atoms with Crippen LogP contribution in [0.15, 0.2) is 42.5 Å². The maximum atomic E-state index is 13.1. The molecule has 0 amide bonds. The first-order valence-electron chi connectivity index (χ1n) is 7.09. The van der Waals surface area contributed by atoms with Crippen LogP contribution in [0.4, 0.5) is 13.2 Å². The maximum absolute atomic E-state index is 13.1. The third kappa shape index (κ3) is 2.61. The van der Waals surface area contributed by atoms with Crippen molar-refractivity contribution < 1.29 is 17.9 Å². The van der Waals surface area contributed by atoms with Crippen molar-refractivity contribution in [1.29, 1.82) is 0 Å². The lowest BCUT2D eigenvalue weighted by Gasteiger charge is -2.19. The lowest BCUT2D eigenvalue weighted by molar-refractivity contribution is -0.160. The van der Waals surface area contributed by atoms with Crippen LogP contribution >= 0.6 is 0 Å². The van der Waals surface area contributed by atoms with Gasteiger partial charge in [-0.05, 0) is 30.5 Å². The number of ether oxygens (including phenoxy) is 1. The fourth-order valence-electron chi connectivity index (χ4n) is 2.69. The topological polar surface area (TPSA) is 22.1 Å². The Kier molecular flexibility index (Phi) is 3.68. The second kappa shape index (κ2) is 5.39. The standard InChI is InChI=1S/C17H16F3NO/c1-22-11-14-3-2-4-15(21-14)12-5-7-13(8-6-12)16(9-10-16)17(18,19)20/h2-8H,9-11H2,1H3. The maximum Gasteiger partial charge on any atom is 0.398 e. The monoisotopic (exact) mass is 307 g/mol. The average Bonchev–Trinajstić information content (AvgIpc) is 3.29. The molecular weight excluding hydrogens is 291 g/mol. The first-order valence-corrected chi connectivity index (χ1v) is 7.09. The third-order valence-electron chi connectivity index (χ3n) is 4.12. The largest absolute Gasteiger partial charge is 0.398 e. The van der Waals surface area contributed by atoms with Gasteiger partial charge in [0.25, 0.3) is 0 Å². The van der Waals surface area contributed by atoms with Gasteiger partial charge in [0.1, 0.15) is 0 Å². The van der Waals surface area contributed by atoms with E-state index in [9.17, 15) is 13.2 Å². The van der Waals surface area contributed by atoms with E-state index in [0.717, 1.165) is 17.0 Å². The molecule has 1 aliphatic carbocycles. The van der Waals surface area contributed by atoms with Crippen LogP contribution in [0, 0.1) is 0 Å². The van der Waals surface area contributed by atoms with Crippen molar-refractivity contribution in [3.8, 4) is 11.3 Å². The van der Waals surface area contributed by atoms with Crippen molar-refractivity contribution in [1.82, 2.24) is 4.98 Å². The molecule has 3 rings (SSSR count). The molecule has 116 valence electrons. The van der Waals surface area contributed by atoms with Crippen LogP contribution in [-0.4, -0.2) is 18.3 Å². The Hall–Kier alpha value is -1.88. The summed E-state index contributed by atoms with van der Waals surface area (Å²) in [5, 5.41) is 0. The number of benzene rings is 1. The van der Waals surface area contributed by atoms with E-state index in [4.69, 9.17) is 4.74 Å². The van der Waals surface area contributed by atoms with Crippen molar-refractivity contribution in [2.75, 3.05) is 7.11 Å². The number of halogens is 3. The molecule has 1 aromatic carbocycles. The van der Waals surface area contributed by atoms with Crippen LogP contribution in [0.3, 0.4) is 0 Å². The van der Waals surface area contributed by atoms with Gasteiger partial charge in [-0.2, -0.15) is 13.2 Å². The van der Waals surface area contributed by atoms with Gasteiger partial charge in [-0.15, -0.1) is 0 Å². The zero-order chi connectivity index (χ0) is 15.8. The van der Waals surface area contributed by atoms with Crippen LogP contribution in [-0.2, 0) is 16.8 Å². The number of pyridine rings is 1. The van der Waals surface area contributed by atoms with E-state index in [1.807, 2.05) is 18.2 Å². The van der Waals surface area contributed by atoms with E-state index in [0.29, 0.717) is 12.2 Å². The molecule has 1 aliphatic rings. The number of hydrogen-bond donors (Lipinski definition) is 0. The molecule has 2 aromatic rings. The number of rotatable bonds is 4. The van der Waals surface area contributed by atoms with Gasteiger partial charge in [0.15, 0.2) is 0 Å².